The second-order valence-electron chi connectivity index (χ2n) is 5.87. The molecule has 2 N–H and O–H groups in total. The molecule has 1 aliphatic rings. The van der Waals surface area contributed by atoms with Crippen LogP contribution in [0.5, 0.6) is 0 Å². The molecule has 0 bridgehead atoms. The minimum atomic E-state index is -0.141. The molecule has 0 unspecified atom stereocenters. The minimum absolute atomic E-state index is 0.0547. The number of amides is 2. The number of hydrogen-bond donors (Lipinski definition) is 2. The van der Waals surface area contributed by atoms with E-state index in [-0.39, 0.29) is 11.8 Å². The van der Waals surface area contributed by atoms with Crippen molar-refractivity contribution in [1.82, 2.24) is 5.32 Å². The summed E-state index contributed by atoms with van der Waals surface area (Å²) in [6, 6.07) is 5.37. The molecule has 2 amide bonds. The lowest BCUT2D eigenvalue weighted by Gasteiger charge is -2.21. The fourth-order valence-corrected chi connectivity index (χ4v) is 2.90. The summed E-state index contributed by atoms with van der Waals surface area (Å²) in [7, 11) is 1.60. The van der Waals surface area contributed by atoms with Crippen molar-refractivity contribution in [2.45, 2.75) is 45.4 Å². The summed E-state index contributed by atoms with van der Waals surface area (Å²) in [5, 5.41) is 5.55. The maximum atomic E-state index is 12.2. The smallest absolute Gasteiger partial charge is 0.251 e. The van der Waals surface area contributed by atoms with E-state index >= 15 is 0 Å². The number of carbonyl (C=O) groups is 2. The summed E-state index contributed by atoms with van der Waals surface area (Å²) in [6.45, 7) is 1.93. The van der Waals surface area contributed by atoms with Crippen molar-refractivity contribution in [3.8, 4) is 0 Å². The highest BCUT2D eigenvalue weighted by molar-refractivity contribution is 5.97. The van der Waals surface area contributed by atoms with Crippen LogP contribution in [-0.2, 0) is 4.79 Å². The molecule has 0 atom stereocenters. The van der Waals surface area contributed by atoms with Gasteiger partial charge in [-0.3, -0.25) is 9.59 Å². The van der Waals surface area contributed by atoms with E-state index in [9.17, 15) is 9.59 Å². The Hall–Kier alpha value is -1.84. The van der Waals surface area contributed by atoms with Crippen molar-refractivity contribution in [2.24, 2.45) is 5.92 Å². The third-order valence-electron chi connectivity index (χ3n) is 4.20. The molecule has 1 aromatic carbocycles. The molecule has 4 nitrogen and oxygen atoms in total. The molecule has 1 saturated carbocycles. The quantitative estimate of drug-likeness (QED) is 0.893. The first-order valence-corrected chi connectivity index (χ1v) is 7.72. The van der Waals surface area contributed by atoms with Crippen molar-refractivity contribution in [1.29, 1.82) is 0 Å². The SMILES string of the molecule is CNC(=O)c1ccc(C)c(NC(=O)CC2CCCCC2)c1. The first kappa shape index (κ1) is 15.5. The summed E-state index contributed by atoms with van der Waals surface area (Å²) < 4.78 is 0. The molecular formula is C17H24N2O2. The first-order chi connectivity index (χ1) is 10.1. The molecule has 21 heavy (non-hydrogen) atoms. The summed E-state index contributed by atoms with van der Waals surface area (Å²) in [6.07, 6.45) is 6.68. The summed E-state index contributed by atoms with van der Waals surface area (Å²) in [4.78, 5) is 23.8. The van der Waals surface area contributed by atoms with E-state index < -0.39 is 0 Å². The zero-order valence-corrected chi connectivity index (χ0v) is 12.9. The molecule has 0 spiro atoms. The first-order valence-electron chi connectivity index (χ1n) is 7.72. The fraction of sp³-hybridized carbons (Fsp3) is 0.529. The molecule has 0 heterocycles. The second-order valence-corrected chi connectivity index (χ2v) is 5.87. The molecule has 114 valence electrons. The largest absolute Gasteiger partial charge is 0.355 e. The van der Waals surface area contributed by atoms with Crippen molar-refractivity contribution in [3.63, 3.8) is 0 Å². The molecule has 1 fully saturated rings. The van der Waals surface area contributed by atoms with Gasteiger partial charge in [0.1, 0.15) is 0 Å². The van der Waals surface area contributed by atoms with Gasteiger partial charge < -0.3 is 10.6 Å². The van der Waals surface area contributed by atoms with Crippen LogP contribution in [0, 0.1) is 12.8 Å². The highest BCUT2D eigenvalue weighted by Gasteiger charge is 2.17. The number of anilines is 1. The van der Waals surface area contributed by atoms with Gasteiger partial charge in [-0.2, -0.15) is 0 Å². The Balaban J connectivity index is 2.00. The predicted molar refractivity (Wildman–Crippen MR) is 84.4 cm³/mol. The predicted octanol–water partition coefficient (Wildman–Crippen LogP) is 3.26. The van der Waals surface area contributed by atoms with Gasteiger partial charge in [0.05, 0.1) is 0 Å². The molecule has 0 aliphatic heterocycles. The van der Waals surface area contributed by atoms with Crippen LogP contribution in [-0.4, -0.2) is 18.9 Å². The van der Waals surface area contributed by atoms with Gasteiger partial charge in [0.25, 0.3) is 5.91 Å². The third-order valence-corrected chi connectivity index (χ3v) is 4.20. The monoisotopic (exact) mass is 288 g/mol. The van der Waals surface area contributed by atoms with E-state index in [1.165, 1.54) is 19.3 Å². The van der Waals surface area contributed by atoms with Gasteiger partial charge in [0.15, 0.2) is 0 Å². The van der Waals surface area contributed by atoms with E-state index in [1.54, 1.807) is 19.2 Å². The zero-order chi connectivity index (χ0) is 15.2. The van der Waals surface area contributed by atoms with Crippen molar-refractivity contribution in [3.05, 3.63) is 29.3 Å². The van der Waals surface area contributed by atoms with E-state index in [1.807, 2.05) is 13.0 Å². The van der Waals surface area contributed by atoms with Crippen LogP contribution in [0.1, 0.15) is 54.4 Å². The normalized spacial score (nSPS) is 15.5. The topological polar surface area (TPSA) is 58.2 Å². The Bertz CT molecular complexity index is 520. The van der Waals surface area contributed by atoms with E-state index in [0.29, 0.717) is 17.9 Å². The minimum Gasteiger partial charge on any atom is -0.355 e. The zero-order valence-electron chi connectivity index (χ0n) is 12.9. The van der Waals surface area contributed by atoms with Crippen LogP contribution < -0.4 is 10.6 Å². The van der Waals surface area contributed by atoms with Crippen molar-refractivity contribution < 1.29 is 9.59 Å². The van der Waals surface area contributed by atoms with Crippen LogP contribution in [0.25, 0.3) is 0 Å². The average molecular weight is 288 g/mol. The molecule has 2 rings (SSSR count). The molecule has 0 aromatic heterocycles. The van der Waals surface area contributed by atoms with Crippen LogP contribution in [0.4, 0.5) is 5.69 Å². The van der Waals surface area contributed by atoms with Gasteiger partial charge in [-0.15, -0.1) is 0 Å². The van der Waals surface area contributed by atoms with Gasteiger partial charge >= 0.3 is 0 Å². The molecule has 1 aromatic rings. The standard InChI is InChI=1S/C17H24N2O2/c1-12-8-9-14(17(21)18-2)11-15(12)19-16(20)10-13-6-4-3-5-7-13/h8-9,11,13H,3-7,10H2,1-2H3,(H,18,21)(H,19,20). The highest BCUT2D eigenvalue weighted by Crippen LogP contribution is 2.27. The summed E-state index contributed by atoms with van der Waals surface area (Å²) >= 11 is 0. The van der Waals surface area contributed by atoms with Crippen molar-refractivity contribution in [2.75, 3.05) is 12.4 Å². The molecule has 0 radical (unpaired) electrons. The lowest BCUT2D eigenvalue weighted by Crippen LogP contribution is -2.20. The van der Waals surface area contributed by atoms with Gasteiger partial charge in [-0.25, -0.2) is 0 Å². The lowest BCUT2D eigenvalue weighted by atomic mass is 9.87. The Morgan fingerprint density at radius 3 is 2.57 bits per heavy atom. The number of carbonyl (C=O) groups excluding carboxylic acids is 2. The number of hydrogen-bond acceptors (Lipinski definition) is 2. The number of aryl methyl sites for hydroxylation is 1. The number of rotatable bonds is 4. The molecule has 1 aliphatic carbocycles. The van der Waals surface area contributed by atoms with Gasteiger partial charge in [-0.05, 0) is 43.4 Å². The van der Waals surface area contributed by atoms with Gasteiger partial charge in [-0.1, -0.05) is 25.3 Å². The van der Waals surface area contributed by atoms with Gasteiger partial charge in [0.2, 0.25) is 5.91 Å². The Morgan fingerprint density at radius 2 is 1.90 bits per heavy atom. The maximum absolute atomic E-state index is 12.2. The van der Waals surface area contributed by atoms with Crippen LogP contribution in [0.2, 0.25) is 0 Å². The Labute approximate surface area is 126 Å². The van der Waals surface area contributed by atoms with Crippen LogP contribution >= 0.6 is 0 Å². The number of nitrogens with one attached hydrogen (secondary N) is 2. The Morgan fingerprint density at radius 1 is 1.19 bits per heavy atom. The highest BCUT2D eigenvalue weighted by atomic mass is 16.2. The summed E-state index contributed by atoms with van der Waals surface area (Å²) in [5.74, 6) is 0.429. The Kier molecular flexibility index (Phi) is 5.37. The van der Waals surface area contributed by atoms with Crippen molar-refractivity contribution >= 4 is 17.5 Å². The maximum Gasteiger partial charge on any atom is 0.251 e. The van der Waals surface area contributed by atoms with Gasteiger partial charge in [0, 0.05) is 24.7 Å². The van der Waals surface area contributed by atoms with Crippen LogP contribution in [0.3, 0.4) is 0 Å². The lowest BCUT2D eigenvalue weighted by molar-refractivity contribution is -0.117. The van der Waals surface area contributed by atoms with E-state index in [4.69, 9.17) is 0 Å². The second kappa shape index (κ2) is 7.25. The third kappa shape index (κ3) is 4.31. The molecule has 4 heteroatoms. The summed E-state index contributed by atoms with van der Waals surface area (Å²) in [5.41, 5.74) is 2.27. The van der Waals surface area contributed by atoms with E-state index in [2.05, 4.69) is 10.6 Å². The molecular weight excluding hydrogens is 264 g/mol. The number of benzene rings is 1. The van der Waals surface area contributed by atoms with Crippen LogP contribution in [0.15, 0.2) is 18.2 Å². The fourth-order valence-electron chi connectivity index (χ4n) is 2.90. The average Bonchev–Trinajstić information content (AvgIpc) is 2.49. The molecule has 0 saturated heterocycles. The van der Waals surface area contributed by atoms with E-state index in [0.717, 1.165) is 24.1 Å².